The van der Waals surface area contributed by atoms with Crippen LogP contribution in [0.3, 0.4) is 0 Å². The number of nitrogens with one attached hydrogen (secondary N) is 1. The Kier molecular flexibility index (Phi) is 4.88. The van der Waals surface area contributed by atoms with E-state index in [2.05, 4.69) is 49.3 Å². The maximum absolute atomic E-state index is 6.12. The van der Waals surface area contributed by atoms with Crippen molar-refractivity contribution in [2.24, 2.45) is 0 Å². The van der Waals surface area contributed by atoms with Crippen molar-refractivity contribution in [3.05, 3.63) is 34.9 Å². The van der Waals surface area contributed by atoms with E-state index in [0.29, 0.717) is 11.6 Å². The normalized spacial score (nSPS) is 21.3. The summed E-state index contributed by atoms with van der Waals surface area (Å²) in [6.45, 7) is 6.90. The van der Waals surface area contributed by atoms with Crippen molar-refractivity contribution >= 4 is 11.6 Å². The van der Waals surface area contributed by atoms with Gasteiger partial charge in [0, 0.05) is 29.7 Å². The molecule has 19 heavy (non-hydrogen) atoms. The Bertz CT molecular complexity index is 411. The fraction of sp³-hybridized carbons (Fsp3) is 0.625. The summed E-state index contributed by atoms with van der Waals surface area (Å²) in [6, 6.07) is 8.82. The number of halogens is 1. The zero-order valence-electron chi connectivity index (χ0n) is 12.2. The van der Waals surface area contributed by atoms with E-state index in [0.717, 1.165) is 24.5 Å². The second kappa shape index (κ2) is 6.25. The Morgan fingerprint density at radius 1 is 1.37 bits per heavy atom. The van der Waals surface area contributed by atoms with Gasteiger partial charge in [0.05, 0.1) is 0 Å². The first kappa shape index (κ1) is 14.8. The number of hydrogen-bond acceptors (Lipinski definition) is 2. The minimum absolute atomic E-state index is 0.309. The Hall–Kier alpha value is -0.570. The molecule has 0 aliphatic carbocycles. The van der Waals surface area contributed by atoms with Crippen molar-refractivity contribution in [2.45, 2.75) is 44.7 Å². The summed E-state index contributed by atoms with van der Waals surface area (Å²) in [5.41, 5.74) is 1.66. The molecule has 2 nitrogen and oxygen atoms in total. The molecule has 0 saturated carbocycles. The molecule has 0 radical (unpaired) electrons. The molecule has 1 fully saturated rings. The van der Waals surface area contributed by atoms with Gasteiger partial charge in [-0.1, -0.05) is 30.7 Å². The van der Waals surface area contributed by atoms with Crippen molar-refractivity contribution in [3.8, 4) is 0 Å². The number of nitrogens with zero attached hydrogens (tertiary/aromatic N) is 1. The Labute approximate surface area is 122 Å². The van der Waals surface area contributed by atoms with Gasteiger partial charge in [-0.3, -0.25) is 4.90 Å². The van der Waals surface area contributed by atoms with Crippen molar-refractivity contribution in [1.29, 1.82) is 0 Å². The highest BCUT2D eigenvalue weighted by atomic mass is 35.5. The van der Waals surface area contributed by atoms with Crippen molar-refractivity contribution in [3.63, 3.8) is 0 Å². The SMILES string of the molecule is CCC(c1cccc(Cl)c1)N1CCC(C)(NC)CC1. The largest absolute Gasteiger partial charge is 0.314 e. The van der Waals surface area contributed by atoms with Crippen molar-refractivity contribution in [1.82, 2.24) is 10.2 Å². The Balaban J connectivity index is 2.08. The first-order valence-corrected chi connectivity index (χ1v) is 7.64. The molecule has 2 rings (SSSR count). The minimum Gasteiger partial charge on any atom is -0.314 e. The van der Waals surface area contributed by atoms with Gasteiger partial charge in [-0.05, 0) is 50.9 Å². The third kappa shape index (κ3) is 3.50. The number of likely N-dealkylation sites (tertiary alicyclic amines) is 1. The topological polar surface area (TPSA) is 15.3 Å². The summed E-state index contributed by atoms with van der Waals surface area (Å²) in [6.07, 6.45) is 3.55. The van der Waals surface area contributed by atoms with Crippen LogP contribution in [-0.4, -0.2) is 30.6 Å². The van der Waals surface area contributed by atoms with Gasteiger partial charge >= 0.3 is 0 Å². The van der Waals surface area contributed by atoms with Gasteiger partial charge < -0.3 is 5.32 Å². The summed E-state index contributed by atoms with van der Waals surface area (Å²) >= 11 is 6.12. The minimum atomic E-state index is 0.309. The molecule has 0 bridgehead atoms. The second-order valence-corrected chi connectivity index (χ2v) is 6.26. The lowest BCUT2D eigenvalue weighted by Crippen LogP contribution is -2.50. The molecule has 1 aliphatic rings. The van der Waals surface area contributed by atoms with Crippen LogP contribution in [0, 0.1) is 0 Å². The van der Waals surface area contributed by atoms with Crippen LogP contribution in [0.25, 0.3) is 0 Å². The number of rotatable bonds is 4. The zero-order chi connectivity index (χ0) is 13.9. The van der Waals surface area contributed by atoms with Gasteiger partial charge in [0.25, 0.3) is 0 Å². The molecule has 0 aromatic heterocycles. The first-order valence-electron chi connectivity index (χ1n) is 7.26. The predicted molar refractivity (Wildman–Crippen MR) is 82.8 cm³/mol. The summed E-state index contributed by atoms with van der Waals surface area (Å²) in [5.74, 6) is 0. The smallest absolute Gasteiger partial charge is 0.0409 e. The molecular weight excluding hydrogens is 256 g/mol. The zero-order valence-corrected chi connectivity index (χ0v) is 13.0. The van der Waals surface area contributed by atoms with Crippen LogP contribution >= 0.6 is 11.6 Å². The number of benzene rings is 1. The van der Waals surface area contributed by atoms with Gasteiger partial charge in [0.1, 0.15) is 0 Å². The third-order valence-corrected chi connectivity index (χ3v) is 4.80. The van der Waals surface area contributed by atoms with E-state index in [1.807, 2.05) is 6.07 Å². The van der Waals surface area contributed by atoms with Gasteiger partial charge in [-0.15, -0.1) is 0 Å². The Morgan fingerprint density at radius 2 is 2.05 bits per heavy atom. The fourth-order valence-electron chi connectivity index (χ4n) is 3.00. The summed E-state index contributed by atoms with van der Waals surface area (Å²) in [4.78, 5) is 2.60. The van der Waals surface area contributed by atoms with Crippen molar-refractivity contribution < 1.29 is 0 Å². The molecule has 1 aromatic carbocycles. The Morgan fingerprint density at radius 3 is 2.58 bits per heavy atom. The molecule has 1 atom stereocenters. The van der Waals surface area contributed by atoms with Crippen LogP contribution in [-0.2, 0) is 0 Å². The summed E-state index contributed by atoms with van der Waals surface area (Å²) < 4.78 is 0. The van der Waals surface area contributed by atoms with Crippen LogP contribution in [0.15, 0.2) is 24.3 Å². The quantitative estimate of drug-likeness (QED) is 0.901. The molecule has 1 saturated heterocycles. The third-order valence-electron chi connectivity index (χ3n) is 4.57. The average molecular weight is 281 g/mol. The van der Waals surface area contributed by atoms with Gasteiger partial charge in [0.2, 0.25) is 0 Å². The van der Waals surface area contributed by atoms with E-state index in [4.69, 9.17) is 11.6 Å². The molecule has 1 unspecified atom stereocenters. The van der Waals surface area contributed by atoms with Crippen LogP contribution in [0.2, 0.25) is 5.02 Å². The van der Waals surface area contributed by atoms with E-state index in [1.165, 1.54) is 18.4 Å². The highest BCUT2D eigenvalue weighted by Gasteiger charge is 2.31. The van der Waals surface area contributed by atoms with E-state index >= 15 is 0 Å². The maximum atomic E-state index is 6.12. The van der Waals surface area contributed by atoms with Crippen LogP contribution in [0.5, 0.6) is 0 Å². The fourth-order valence-corrected chi connectivity index (χ4v) is 3.20. The summed E-state index contributed by atoms with van der Waals surface area (Å²) in [7, 11) is 2.07. The molecule has 1 N–H and O–H groups in total. The van der Waals surface area contributed by atoms with Crippen molar-refractivity contribution in [2.75, 3.05) is 20.1 Å². The lowest BCUT2D eigenvalue weighted by atomic mass is 9.88. The summed E-state index contributed by atoms with van der Waals surface area (Å²) in [5, 5.41) is 4.30. The molecule has 0 amide bonds. The standard InChI is InChI=1S/C16H25ClN2/c1-4-15(13-6-5-7-14(17)12-13)19-10-8-16(2,18-3)9-11-19/h5-7,12,15,18H,4,8-11H2,1-3H3. The average Bonchev–Trinajstić information content (AvgIpc) is 2.42. The molecule has 106 valence electrons. The molecular formula is C16H25ClN2. The van der Waals surface area contributed by atoms with E-state index in [1.54, 1.807) is 0 Å². The lowest BCUT2D eigenvalue weighted by molar-refractivity contribution is 0.107. The highest BCUT2D eigenvalue weighted by Crippen LogP contribution is 2.31. The van der Waals surface area contributed by atoms with E-state index in [9.17, 15) is 0 Å². The van der Waals surface area contributed by atoms with Crippen LogP contribution < -0.4 is 5.32 Å². The monoisotopic (exact) mass is 280 g/mol. The van der Waals surface area contributed by atoms with Crippen LogP contribution in [0.4, 0.5) is 0 Å². The maximum Gasteiger partial charge on any atom is 0.0409 e. The predicted octanol–water partition coefficient (Wildman–Crippen LogP) is 3.87. The lowest BCUT2D eigenvalue weighted by Gasteiger charge is -2.42. The van der Waals surface area contributed by atoms with Gasteiger partial charge in [-0.25, -0.2) is 0 Å². The molecule has 3 heteroatoms. The number of piperidine rings is 1. The van der Waals surface area contributed by atoms with Crippen LogP contribution in [0.1, 0.15) is 44.7 Å². The molecule has 1 heterocycles. The van der Waals surface area contributed by atoms with Gasteiger partial charge in [0.15, 0.2) is 0 Å². The molecule has 1 aromatic rings. The first-order chi connectivity index (χ1) is 9.08. The molecule has 0 spiro atoms. The number of hydrogen-bond donors (Lipinski definition) is 1. The van der Waals surface area contributed by atoms with E-state index in [-0.39, 0.29) is 0 Å². The van der Waals surface area contributed by atoms with Gasteiger partial charge in [-0.2, -0.15) is 0 Å². The molecule has 1 aliphatic heterocycles. The van der Waals surface area contributed by atoms with E-state index < -0.39 is 0 Å². The second-order valence-electron chi connectivity index (χ2n) is 5.83. The highest BCUT2D eigenvalue weighted by molar-refractivity contribution is 6.30.